The minimum absolute atomic E-state index is 0.242. The molecular formula is C13H18FNO. The molecular weight excluding hydrogens is 205 g/mol. The molecule has 1 unspecified atom stereocenters. The van der Waals surface area contributed by atoms with Crippen LogP contribution in [-0.4, -0.2) is 30.1 Å². The van der Waals surface area contributed by atoms with Gasteiger partial charge in [0.1, 0.15) is 11.4 Å². The molecule has 3 heteroatoms. The zero-order valence-electron chi connectivity index (χ0n) is 9.83. The van der Waals surface area contributed by atoms with Crippen LogP contribution >= 0.6 is 0 Å². The second-order valence-corrected chi connectivity index (χ2v) is 4.83. The summed E-state index contributed by atoms with van der Waals surface area (Å²) in [6.45, 7) is 3.49. The molecule has 0 radical (unpaired) electrons. The van der Waals surface area contributed by atoms with Crippen LogP contribution in [0.5, 0.6) is 0 Å². The Morgan fingerprint density at radius 2 is 2.19 bits per heavy atom. The third kappa shape index (κ3) is 2.11. The van der Waals surface area contributed by atoms with Crippen molar-refractivity contribution in [3.63, 3.8) is 0 Å². The lowest BCUT2D eigenvalue weighted by Gasteiger charge is -2.38. The van der Waals surface area contributed by atoms with Crippen LogP contribution in [0.2, 0.25) is 0 Å². The van der Waals surface area contributed by atoms with Crippen molar-refractivity contribution in [2.45, 2.75) is 25.4 Å². The van der Waals surface area contributed by atoms with Crippen molar-refractivity contribution >= 4 is 0 Å². The number of rotatable bonds is 1. The first-order chi connectivity index (χ1) is 7.51. The SMILES string of the molecule is Cc1cc(F)ccc1C1(O)CCCN(C)C1. The average molecular weight is 223 g/mol. The Kier molecular flexibility index (Phi) is 3.00. The van der Waals surface area contributed by atoms with Gasteiger partial charge in [0.25, 0.3) is 0 Å². The van der Waals surface area contributed by atoms with E-state index in [0.29, 0.717) is 6.54 Å². The number of benzene rings is 1. The lowest BCUT2D eigenvalue weighted by molar-refractivity contribution is -0.0282. The molecule has 1 fully saturated rings. The molecule has 1 aromatic carbocycles. The summed E-state index contributed by atoms with van der Waals surface area (Å²) in [5.41, 5.74) is 0.878. The van der Waals surface area contributed by atoms with Gasteiger partial charge in [-0.2, -0.15) is 0 Å². The Bertz CT molecular complexity index is 394. The van der Waals surface area contributed by atoms with E-state index in [1.807, 2.05) is 14.0 Å². The zero-order valence-corrected chi connectivity index (χ0v) is 9.83. The van der Waals surface area contributed by atoms with Gasteiger partial charge in [0.15, 0.2) is 0 Å². The minimum atomic E-state index is -0.815. The van der Waals surface area contributed by atoms with E-state index >= 15 is 0 Å². The van der Waals surface area contributed by atoms with Crippen LogP contribution in [0, 0.1) is 12.7 Å². The number of aryl methyl sites for hydroxylation is 1. The summed E-state index contributed by atoms with van der Waals surface area (Å²) >= 11 is 0. The number of likely N-dealkylation sites (tertiary alicyclic amines) is 1. The highest BCUT2D eigenvalue weighted by Gasteiger charge is 2.34. The molecule has 0 aromatic heterocycles. The van der Waals surface area contributed by atoms with Gasteiger partial charge in [-0.1, -0.05) is 6.07 Å². The van der Waals surface area contributed by atoms with Crippen molar-refractivity contribution in [2.24, 2.45) is 0 Å². The van der Waals surface area contributed by atoms with Gasteiger partial charge in [-0.25, -0.2) is 4.39 Å². The third-order valence-corrected chi connectivity index (χ3v) is 3.35. The Balaban J connectivity index is 2.34. The fourth-order valence-electron chi connectivity index (χ4n) is 2.62. The van der Waals surface area contributed by atoms with E-state index in [4.69, 9.17) is 0 Å². The van der Waals surface area contributed by atoms with Crippen molar-refractivity contribution < 1.29 is 9.50 Å². The molecule has 2 nitrogen and oxygen atoms in total. The number of piperidine rings is 1. The Morgan fingerprint density at radius 1 is 1.44 bits per heavy atom. The standard InChI is InChI=1S/C13H18FNO/c1-10-8-11(14)4-5-12(10)13(16)6-3-7-15(2)9-13/h4-5,8,16H,3,6-7,9H2,1-2H3. The van der Waals surface area contributed by atoms with Gasteiger partial charge in [0.05, 0.1) is 0 Å². The molecule has 1 atom stereocenters. The van der Waals surface area contributed by atoms with E-state index in [1.54, 1.807) is 6.07 Å². The van der Waals surface area contributed by atoms with Gasteiger partial charge < -0.3 is 10.0 Å². The molecule has 1 aliphatic heterocycles. The van der Waals surface area contributed by atoms with Crippen LogP contribution in [0.25, 0.3) is 0 Å². The fraction of sp³-hybridized carbons (Fsp3) is 0.538. The smallest absolute Gasteiger partial charge is 0.123 e. The van der Waals surface area contributed by atoms with Crippen LogP contribution in [0.4, 0.5) is 4.39 Å². The number of nitrogens with zero attached hydrogens (tertiary/aromatic N) is 1. The van der Waals surface area contributed by atoms with Crippen molar-refractivity contribution in [1.29, 1.82) is 0 Å². The number of hydrogen-bond acceptors (Lipinski definition) is 2. The van der Waals surface area contributed by atoms with E-state index in [2.05, 4.69) is 4.90 Å². The first-order valence-corrected chi connectivity index (χ1v) is 5.69. The summed E-state index contributed by atoms with van der Waals surface area (Å²) in [5.74, 6) is -0.242. The van der Waals surface area contributed by atoms with Gasteiger partial charge in [0, 0.05) is 6.54 Å². The number of halogens is 1. The van der Waals surface area contributed by atoms with Crippen molar-refractivity contribution in [3.05, 3.63) is 35.1 Å². The second-order valence-electron chi connectivity index (χ2n) is 4.83. The number of β-amino-alcohol motifs (C(OH)–C–C–N with tert-alkyl or cyclic N) is 1. The second kappa shape index (κ2) is 4.15. The highest BCUT2D eigenvalue weighted by Crippen LogP contribution is 2.33. The summed E-state index contributed by atoms with van der Waals surface area (Å²) in [4.78, 5) is 2.12. The van der Waals surface area contributed by atoms with Crippen LogP contribution in [-0.2, 0) is 5.60 Å². The maximum Gasteiger partial charge on any atom is 0.123 e. The van der Waals surface area contributed by atoms with Crippen molar-refractivity contribution in [1.82, 2.24) is 4.90 Å². The molecule has 88 valence electrons. The maximum atomic E-state index is 13.0. The van der Waals surface area contributed by atoms with Crippen LogP contribution in [0.3, 0.4) is 0 Å². The van der Waals surface area contributed by atoms with Crippen LogP contribution in [0.1, 0.15) is 24.0 Å². The third-order valence-electron chi connectivity index (χ3n) is 3.35. The first-order valence-electron chi connectivity index (χ1n) is 5.69. The molecule has 0 bridgehead atoms. The highest BCUT2D eigenvalue weighted by molar-refractivity contribution is 5.32. The average Bonchev–Trinajstić information content (AvgIpc) is 2.16. The van der Waals surface area contributed by atoms with E-state index in [9.17, 15) is 9.50 Å². The summed E-state index contributed by atoms with van der Waals surface area (Å²) in [6.07, 6.45) is 1.73. The van der Waals surface area contributed by atoms with E-state index in [-0.39, 0.29) is 5.82 Å². The monoisotopic (exact) mass is 223 g/mol. The predicted octanol–water partition coefficient (Wildman–Crippen LogP) is 2.05. The van der Waals surface area contributed by atoms with Gasteiger partial charge in [0.2, 0.25) is 0 Å². The van der Waals surface area contributed by atoms with Crippen LogP contribution in [0.15, 0.2) is 18.2 Å². The van der Waals surface area contributed by atoms with E-state index < -0.39 is 5.60 Å². The Labute approximate surface area is 95.7 Å². The molecule has 0 aliphatic carbocycles. The van der Waals surface area contributed by atoms with Gasteiger partial charge in [-0.05, 0) is 56.6 Å². The molecule has 1 aliphatic rings. The molecule has 0 amide bonds. The quantitative estimate of drug-likeness (QED) is 0.787. The van der Waals surface area contributed by atoms with Gasteiger partial charge in [-0.3, -0.25) is 0 Å². The zero-order chi connectivity index (χ0) is 11.8. The van der Waals surface area contributed by atoms with E-state index in [0.717, 1.165) is 30.5 Å². The molecule has 16 heavy (non-hydrogen) atoms. The Morgan fingerprint density at radius 3 is 2.81 bits per heavy atom. The summed E-state index contributed by atoms with van der Waals surface area (Å²) < 4.78 is 13.0. The molecule has 0 spiro atoms. The maximum absolute atomic E-state index is 13.0. The van der Waals surface area contributed by atoms with E-state index in [1.165, 1.54) is 12.1 Å². The topological polar surface area (TPSA) is 23.5 Å². The summed E-state index contributed by atoms with van der Waals surface area (Å²) in [5, 5.41) is 10.6. The van der Waals surface area contributed by atoms with Crippen molar-refractivity contribution in [2.75, 3.05) is 20.1 Å². The first kappa shape index (κ1) is 11.6. The number of likely N-dealkylation sites (N-methyl/N-ethyl adjacent to an activating group) is 1. The van der Waals surface area contributed by atoms with Gasteiger partial charge >= 0.3 is 0 Å². The molecule has 1 heterocycles. The normalized spacial score (nSPS) is 27.0. The fourth-order valence-corrected chi connectivity index (χ4v) is 2.62. The molecule has 0 saturated carbocycles. The minimum Gasteiger partial charge on any atom is -0.384 e. The largest absolute Gasteiger partial charge is 0.384 e. The highest BCUT2D eigenvalue weighted by atomic mass is 19.1. The molecule has 1 N–H and O–H groups in total. The van der Waals surface area contributed by atoms with Gasteiger partial charge in [-0.15, -0.1) is 0 Å². The number of hydrogen-bond donors (Lipinski definition) is 1. The predicted molar refractivity (Wildman–Crippen MR) is 61.8 cm³/mol. The lowest BCUT2D eigenvalue weighted by atomic mass is 9.83. The Hall–Kier alpha value is -0.930. The summed E-state index contributed by atoms with van der Waals surface area (Å²) in [6, 6.07) is 4.63. The lowest BCUT2D eigenvalue weighted by Crippen LogP contribution is -2.44. The number of aliphatic hydroxyl groups is 1. The van der Waals surface area contributed by atoms with Crippen molar-refractivity contribution in [3.8, 4) is 0 Å². The summed E-state index contributed by atoms with van der Waals surface area (Å²) in [7, 11) is 2.00. The molecule has 1 saturated heterocycles. The molecule has 1 aromatic rings. The molecule has 2 rings (SSSR count). The van der Waals surface area contributed by atoms with Crippen LogP contribution < -0.4 is 0 Å².